The molecule has 0 radical (unpaired) electrons. The smallest absolute Gasteiger partial charge is 0.355 e. The van der Waals surface area contributed by atoms with Crippen LogP contribution < -0.4 is 5.32 Å². The van der Waals surface area contributed by atoms with Gasteiger partial charge in [-0.2, -0.15) is 0 Å². The van der Waals surface area contributed by atoms with Crippen LogP contribution in [0.25, 0.3) is 0 Å². The Kier molecular flexibility index (Phi) is 5.75. The predicted octanol–water partition coefficient (Wildman–Crippen LogP) is 3.79. The fourth-order valence-corrected chi connectivity index (χ4v) is 4.18. The predicted molar refractivity (Wildman–Crippen MR) is 124 cm³/mol. The second-order valence-corrected chi connectivity index (χ2v) is 8.18. The van der Waals surface area contributed by atoms with E-state index in [9.17, 15) is 24.0 Å². The first-order chi connectivity index (χ1) is 16.1. The minimum atomic E-state index is -1.16. The van der Waals surface area contributed by atoms with E-state index < -0.39 is 18.0 Å². The van der Waals surface area contributed by atoms with E-state index in [0.29, 0.717) is 27.9 Å². The standard InChI is InChI=1S/C26H22N2O6/c1-12-21(14(3)29)13(2)27-22(12)26(33)34-15(4)25(32)28-16-9-10-19-20(11-16)24(31)18-8-6-5-7-17(18)23(19)30/h5-11,15,27H,1-4H3,(H,28,32). The van der Waals surface area contributed by atoms with E-state index in [1.807, 2.05) is 0 Å². The van der Waals surface area contributed by atoms with Gasteiger partial charge < -0.3 is 15.0 Å². The summed E-state index contributed by atoms with van der Waals surface area (Å²) >= 11 is 0. The lowest BCUT2D eigenvalue weighted by Gasteiger charge is -2.19. The van der Waals surface area contributed by atoms with E-state index >= 15 is 0 Å². The third kappa shape index (κ3) is 3.83. The number of aromatic nitrogens is 1. The van der Waals surface area contributed by atoms with E-state index in [1.165, 1.54) is 32.0 Å². The Hall–Kier alpha value is -4.33. The number of ether oxygens (including phenoxy) is 1. The lowest BCUT2D eigenvalue weighted by molar-refractivity contribution is -0.123. The monoisotopic (exact) mass is 458 g/mol. The minimum Gasteiger partial charge on any atom is -0.448 e. The largest absolute Gasteiger partial charge is 0.448 e. The molecule has 0 spiro atoms. The highest BCUT2D eigenvalue weighted by atomic mass is 16.5. The first-order valence-corrected chi connectivity index (χ1v) is 10.6. The summed E-state index contributed by atoms with van der Waals surface area (Å²) in [6, 6.07) is 11.0. The number of rotatable bonds is 5. The highest BCUT2D eigenvalue weighted by Crippen LogP contribution is 2.29. The van der Waals surface area contributed by atoms with Crippen LogP contribution in [0.4, 0.5) is 5.69 Å². The van der Waals surface area contributed by atoms with Gasteiger partial charge in [-0.3, -0.25) is 19.2 Å². The van der Waals surface area contributed by atoms with Gasteiger partial charge in [-0.1, -0.05) is 24.3 Å². The Balaban J connectivity index is 1.50. The van der Waals surface area contributed by atoms with Crippen molar-refractivity contribution in [3.05, 3.63) is 87.2 Å². The maximum atomic E-state index is 12.9. The number of fused-ring (bicyclic) bond motifs is 2. The van der Waals surface area contributed by atoms with Gasteiger partial charge in [0.1, 0.15) is 5.69 Å². The molecule has 1 heterocycles. The number of ketones is 3. The average Bonchev–Trinajstić information content (AvgIpc) is 3.11. The van der Waals surface area contributed by atoms with Crippen LogP contribution in [0.3, 0.4) is 0 Å². The van der Waals surface area contributed by atoms with E-state index in [-0.39, 0.29) is 39.9 Å². The van der Waals surface area contributed by atoms with Crippen LogP contribution in [0.15, 0.2) is 42.5 Å². The molecule has 8 nitrogen and oxygen atoms in total. The Morgan fingerprint density at radius 1 is 0.912 bits per heavy atom. The SMILES string of the molecule is CC(=O)c1c(C)[nH]c(C(=O)OC(C)C(=O)Nc2ccc3c(c2)C(=O)c2ccccc2C3=O)c1C. The van der Waals surface area contributed by atoms with Crippen LogP contribution >= 0.6 is 0 Å². The number of Topliss-reactive ketones (excluding diaryl/α,β-unsaturated/α-hetero) is 1. The number of benzene rings is 2. The van der Waals surface area contributed by atoms with Gasteiger partial charge >= 0.3 is 5.97 Å². The Morgan fingerprint density at radius 2 is 1.50 bits per heavy atom. The highest BCUT2D eigenvalue weighted by Gasteiger charge is 2.30. The van der Waals surface area contributed by atoms with Crippen molar-refractivity contribution in [1.29, 1.82) is 0 Å². The third-order valence-electron chi connectivity index (χ3n) is 5.84. The summed E-state index contributed by atoms with van der Waals surface area (Å²) in [6.45, 7) is 6.12. The van der Waals surface area contributed by atoms with Crippen molar-refractivity contribution in [1.82, 2.24) is 4.98 Å². The van der Waals surface area contributed by atoms with Crippen LogP contribution in [0.5, 0.6) is 0 Å². The Bertz CT molecular complexity index is 1400. The van der Waals surface area contributed by atoms with Gasteiger partial charge in [-0.25, -0.2) is 4.79 Å². The number of aromatic amines is 1. The number of aryl methyl sites for hydroxylation is 1. The normalized spacial score (nSPS) is 13.1. The van der Waals surface area contributed by atoms with Gasteiger partial charge in [0.15, 0.2) is 23.5 Å². The summed E-state index contributed by atoms with van der Waals surface area (Å²) in [5.41, 5.74) is 2.94. The molecule has 0 aliphatic heterocycles. The molecule has 1 amide bonds. The van der Waals surface area contributed by atoms with E-state index in [4.69, 9.17) is 4.74 Å². The first-order valence-electron chi connectivity index (χ1n) is 10.6. The molecule has 2 aromatic carbocycles. The molecule has 4 rings (SSSR count). The second kappa shape index (κ2) is 8.55. The van der Waals surface area contributed by atoms with Crippen molar-refractivity contribution in [3.8, 4) is 0 Å². The first kappa shape index (κ1) is 22.8. The fourth-order valence-electron chi connectivity index (χ4n) is 4.18. The molecule has 34 heavy (non-hydrogen) atoms. The molecule has 1 atom stereocenters. The molecular formula is C26H22N2O6. The van der Waals surface area contributed by atoms with Gasteiger partial charge in [-0.05, 0) is 51.5 Å². The molecule has 172 valence electrons. The van der Waals surface area contributed by atoms with Gasteiger partial charge in [-0.15, -0.1) is 0 Å². The molecule has 0 saturated carbocycles. The maximum Gasteiger partial charge on any atom is 0.355 e. The molecule has 1 aliphatic rings. The molecule has 0 saturated heterocycles. The average molecular weight is 458 g/mol. The van der Waals surface area contributed by atoms with Crippen molar-refractivity contribution in [2.45, 2.75) is 33.8 Å². The van der Waals surface area contributed by atoms with E-state index in [1.54, 1.807) is 38.1 Å². The van der Waals surface area contributed by atoms with Crippen molar-refractivity contribution in [2.24, 2.45) is 0 Å². The molecule has 3 aromatic rings. The van der Waals surface area contributed by atoms with Gasteiger partial charge in [0, 0.05) is 39.2 Å². The number of nitrogens with one attached hydrogen (secondary N) is 2. The Labute approximate surface area is 195 Å². The number of anilines is 1. The zero-order chi connectivity index (χ0) is 24.7. The summed E-state index contributed by atoms with van der Waals surface area (Å²) in [4.78, 5) is 65.5. The highest BCUT2D eigenvalue weighted by molar-refractivity contribution is 6.28. The summed E-state index contributed by atoms with van der Waals surface area (Å²) < 4.78 is 5.28. The van der Waals surface area contributed by atoms with Gasteiger partial charge in [0.05, 0.1) is 0 Å². The molecule has 1 unspecified atom stereocenters. The van der Waals surface area contributed by atoms with Gasteiger partial charge in [0.25, 0.3) is 5.91 Å². The topological polar surface area (TPSA) is 122 Å². The number of carbonyl (C=O) groups excluding carboxylic acids is 5. The summed E-state index contributed by atoms with van der Waals surface area (Å²) in [5.74, 6) is -2.12. The summed E-state index contributed by atoms with van der Waals surface area (Å²) in [5, 5.41) is 2.61. The third-order valence-corrected chi connectivity index (χ3v) is 5.84. The quantitative estimate of drug-likeness (QED) is 0.347. The van der Waals surface area contributed by atoms with Gasteiger partial charge in [0.2, 0.25) is 0 Å². The Morgan fingerprint density at radius 3 is 2.09 bits per heavy atom. The molecule has 0 bridgehead atoms. The zero-order valence-corrected chi connectivity index (χ0v) is 19.1. The maximum absolute atomic E-state index is 12.9. The van der Waals surface area contributed by atoms with Crippen LogP contribution in [-0.2, 0) is 9.53 Å². The number of hydrogen-bond acceptors (Lipinski definition) is 6. The minimum absolute atomic E-state index is 0.110. The van der Waals surface area contributed by atoms with Crippen LogP contribution in [0, 0.1) is 13.8 Å². The summed E-state index contributed by atoms with van der Waals surface area (Å²) in [6.07, 6.45) is -1.16. The molecule has 0 fully saturated rings. The number of H-pyrrole nitrogens is 1. The fraction of sp³-hybridized carbons (Fsp3) is 0.192. The second-order valence-electron chi connectivity index (χ2n) is 8.18. The molecule has 1 aromatic heterocycles. The molecule has 1 aliphatic carbocycles. The van der Waals surface area contributed by atoms with Crippen LogP contribution in [0.2, 0.25) is 0 Å². The van der Waals surface area contributed by atoms with Crippen molar-refractivity contribution >= 4 is 34.9 Å². The molecule has 8 heteroatoms. The summed E-state index contributed by atoms with van der Waals surface area (Å²) in [7, 11) is 0. The van der Waals surface area contributed by atoms with E-state index in [2.05, 4.69) is 10.3 Å². The number of carbonyl (C=O) groups is 5. The van der Waals surface area contributed by atoms with Crippen molar-refractivity contribution < 1.29 is 28.7 Å². The molecular weight excluding hydrogens is 436 g/mol. The lowest BCUT2D eigenvalue weighted by atomic mass is 9.84. The number of amides is 1. The van der Waals surface area contributed by atoms with Crippen molar-refractivity contribution in [2.75, 3.05) is 5.32 Å². The number of esters is 1. The van der Waals surface area contributed by atoms with E-state index in [0.717, 1.165) is 0 Å². The molecule has 2 N–H and O–H groups in total. The number of hydrogen-bond donors (Lipinski definition) is 2. The van der Waals surface area contributed by atoms with Crippen LogP contribution in [0.1, 0.15) is 77.8 Å². The van der Waals surface area contributed by atoms with Crippen LogP contribution in [-0.4, -0.2) is 40.3 Å². The lowest BCUT2D eigenvalue weighted by Crippen LogP contribution is -2.30. The zero-order valence-electron chi connectivity index (χ0n) is 19.1. The van der Waals surface area contributed by atoms with Crippen molar-refractivity contribution in [3.63, 3.8) is 0 Å².